The number of aromatic hydroxyl groups is 1. The number of hydrogen-bond donors (Lipinski definition) is 3. The minimum atomic E-state index is -0.795. The van der Waals surface area contributed by atoms with E-state index >= 15 is 0 Å². The summed E-state index contributed by atoms with van der Waals surface area (Å²) >= 11 is 3.16. The number of hydrogen-bond acceptors (Lipinski definition) is 3. The summed E-state index contributed by atoms with van der Waals surface area (Å²) in [6.45, 7) is 0. The third-order valence-electron chi connectivity index (χ3n) is 2.61. The van der Waals surface area contributed by atoms with Crippen molar-refractivity contribution in [2.24, 2.45) is 0 Å². The van der Waals surface area contributed by atoms with Gasteiger partial charge >= 0.3 is 0 Å². The molecule has 0 radical (unpaired) electrons. The highest BCUT2D eigenvalue weighted by atomic mass is 79.9. The molecule has 2 aromatic rings. The van der Waals surface area contributed by atoms with E-state index in [-0.39, 0.29) is 16.9 Å². The highest BCUT2D eigenvalue weighted by Gasteiger charge is 2.14. The summed E-state index contributed by atoms with van der Waals surface area (Å²) in [7, 11) is 0. The van der Waals surface area contributed by atoms with Crippen molar-refractivity contribution in [1.29, 1.82) is 0 Å². The predicted octanol–water partition coefficient (Wildman–Crippen LogP) is 2.37. The molecule has 0 aliphatic carbocycles. The van der Waals surface area contributed by atoms with Gasteiger partial charge in [0.05, 0.1) is 11.1 Å². The average molecular weight is 353 g/mol. The van der Waals surface area contributed by atoms with Gasteiger partial charge in [0.2, 0.25) is 0 Å². The molecule has 108 valence electrons. The van der Waals surface area contributed by atoms with E-state index in [0.29, 0.717) is 4.47 Å². The second kappa shape index (κ2) is 6.36. The van der Waals surface area contributed by atoms with Crippen molar-refractivity contribution in [3.63, 3.8) is 0 Å². The number of rotatable bonds is 2. The normalized spacial score (nSPS) is 10.0. The maximum atomic E-state index is 13.4. The van der Waals surface area contributed by atoms with Gasteiger partial charge in [-0.05, 0) is 30.3 Å². The molecule has 0 aliphatic rings. The lowest BCUT2D eigenvalue weighted by atomic mass is 10.2. The minimum absolute atomic E-state index is 0.0294. The number of benzene rings is 2. The molecule has 2 rings (SSSR count). The Morgan fingerprint density at radius 3 is 2.29 bits per heavy atom. The van der Waals surface area contributed by atoms with Crippen LogP contribution in [0.1, 0.15) is 20.7 Å². The first-order chi connectivity index (χ1) is 9.99. The first-order valence-electron chi connectivity index (χ1n) is 5.83. The SMILES string of the molecule is O=C(NNC(=O)c1ccccc1F)c1cc(Br)ccc1O. The molecule has 3 N–H and O–H groups in total. The summed E-state index contributed by atoms with van der Waals surface area (Å²) < 4.78 is 14.0. The minimum Gasteiger partial charge on any atom is -0.507 e. The van der Waals surface area contributed by atoms with E-state index in [2.05, 4.69) is 26.8 Å². The number of amides is 2. The fraction of sp³-hybridized carbons (Fsp3) is 0. The van der Waals surface area contributed by atoms with Crippen LogP contribution < -0.4 is 10.9 Å². The summed E-state index contributed by atoms with van der Waals surface area (Å²) in [6.07, 6.45) is 0. The molecule has 7 heteroatoms. The van der Waals surface area contributed by atoms with E-state index in [1.54, 1.807) is 6.07 Å². The zero-order chi connectivity index (χ0) is 15.4. The molecule has 5 nitrogen and oxygen atoms in total. The Bertz CT molecular complexity index is 706. The molecule has 0 unspecified atom stereocenters. The lowest BCUT2D eigenvalue weighted by molar-refractivity contribution is 0.0842. The van der Waals surface area contributed by atoms with Crippen molar-refractivity contribution >= 4 is 27.7 Å². The molecule has 2 aromatic carbocycles. The van der Waals surface area contributed by atoms with E-state index in [1.165, 1.54) is 30.3 Å². The zero-order valence-corrected chi connectivity index (χ0v) is 12.1. The van der Waals surface area contributed by atoms with Gasteiger partial charge in [-0.3, -0.25) is 20.4 Å². The van der Waals surface area contributed by atoms with Gasteiger partial charge in [-0.2, -0.15) is 0 Å². The second-order valence-corrected chi connectivity index (χ2v) is 4.97. The fourth-order valence-corrected chi connectivity index (χ4v) is 1.94. The molecule has 0 fully saturated rings. The third-order valence-corrected chi connectivity index (χ3v) is 3.10. The molecule has 0 bridgehead atoms. The topological polar surface area (TPSA) is 78.4 Å². The quantitative estimate of drug-likeness (QED) is 0.726. The van der Waals surface area contributed by atoms with Gasteiger partial charge in [-0.25, -0.2) is 4.39 Å². The summed E-state index contributed by atoms with van der Waals surface area (Å²) in [4.78, 5) is 23.6. The molecular formula is C14H10BrFN2O3. The van der Waals surface area contributed by atoms with Crippen molar-refractivity contribution in [3.8, 4) is 5.75 Å². The van der Waals surface area contributed by atoms with Crippen LogP contribution in [0.2, 0.25) is 0 Å². The first-order valence-corrected chi connectivity index (χ1v) is 6.62. The third kappa shape index (κ3) is 3.57. The Kier molecular flexibility index (Phi) is 4.54. The van der Waals surface area contributed by atoms with Crippen LogP contribution in [0.5, 0.6) is 5.75 Å². The van der Waals surface area contributed by atoms with Gasteiger partial charge in [-0.15, -0.1) is 0 Å². The smallest absolute Gasteiger partial charge is 0.273 e. The Morgan fingerprint density at radius 2 is 1.62 bits per heavy atom. The maximum absolute atomic E-state index is 13.4. The molecule has 0 atom stereocenters. The molecule has 0 heterocycles. The number of phenols is 1. The van der Waals surface area contributed by atoms with E-state index in [0.717, 1.165) is 6.07 Å². The lowest BCUT2D eigenvalue weighted by Crippen LogP contribution is -2.42. The fourth-order valence-electron chi connectivity index (χ4n) is 1.58. The van der Waals surface area contributed by atoms with Gasteiger partial charge in [0.1, 0.15) is 11.6 Å². The molecule has 0 saturated heterocycles. The van der Waals surface area contributed by atoms with Gasteiger partial charge in [-0.1, -0.05) is 28.1 Å². The highest BCUT2D eigenvalue weighted by molar-refractivity contribution is 9.10. The molecule has 0 spiro atoms. The standard InChI is InChI=1S/C14H10BrFN2O3/c15-8-5-6-12(19)10(7-8)14(21)18-17-13(20)9-3-1-2-4-11(9)16/h1-7,19H,(H,17,20)(H,18,21). The van der Waals surface area contributed by atoms with Crippen LogP contribution in [0.4, 0.5) is 4.39 Å². The first kappa shape index (κ1) is 15.0. The van der Waals surface area contributed by atoms with Crippen LogP contribution in [0.15, 0.2) is 46.9 Å². The summed E-state index contributed by atoms with van der Waals surface area (Å²) in [5.41, 5.74) is 3.96. The number of phenolic OH excluding ortho intramolecular Hbond substituents is 1. The van der Waals surface area contributed by atoms with Gasteiger partial charge in [0.15, 0.2) is 0 Å². The van der Waals surface area contributed by atoms with Crippen molar-refractivity contribution in [1.82, 2.24) is 10.9 Å². The number of nitrogens with one attached hydrogen (secondary N) is 2. The molecular weight excluding hydrogens is 343 g/mol. The van der Waals surface area contributed by atoms with Crippen molar-refractivity contribution in [2.45, 2.75) is 0 Å². The molecule has 0 aliphatic heterocycles. The van der Waals surface area contributed by atoms with E-state index in [9.17, 15) is 19.1 Å². The molecule has 0 aromatic heterocycles. The summed E-state index contributed by atoms with van der Waals surface area (Å²) in [6, 6.07) is 9.65. The zero-order valence-electron chi connectivity index (χ0n) is 10.6. The van der Waals surface area contributed by atoms with E-state index < -0.39 is 17.6 Å². The van der Waals surface area contributed by atoms with Gasteiger partial charge in [0.25, 0.3) is 11.8 Å². The van der Waals surface area contributed by atoms with Crippen molar-refractivity contribution < 1.29 is 19.1 Å². The Labute approximate surface area is 127 Å². The van der Waals surface area contributed by atoms with E-state index in [4.69, 9.17) is 0 Å². The highest BCUT2D eigenvalue weighted by Crippen LogP contribution is 2.21. The number of carbonyl (C=O) groups excluding carboxylic acids is 2. The Morgan fingerprint density at radius 1 is 1.00 bits per heavy atom. The monoisotopic (exact) mass is 352 g/mol. The van der Waals surface area contributed by atoms with Crippen LogP contribution >= 0.6 is 15.9 Å². The number of hydrazine groups is 1. The van der Waals surface area contributed by atoms with Gasteiger partial charge in [0, 0.05) is 4.47 Å². The Balaban J connectivity index is 2.06. The number of halogens is 2. The van der Waals surface area contributed by atoms with Crippen LogP contribution in [0.25, 0.3) is 0 Å². The summed E-state index contributed by atoms with van der Waals surface area (Å²) in [5, 5.41) is 9.58. The maximum Gasteiger partial charge on any atom is 0.273 e. The van der Waals surface area contributed by atoms with E-state index in [1.807, 2.05) is 0 Å². The largest absolute Gasteiger partial charge is 0.507 e. The van der Waals surface area contributed by atoms with Crippen LogP contribution in [0.3, 0.4) is 0 Å². The second-order valence-electron chi connectivity index (χ2n) is 4.05. The molecule has 2 amide bonds. The van der Waals surface area contributed by atoms with Crippen LogP contribution in [0, 0.1) is 5.82 Å². The lowest BCUT2D eigenvalue weighted by Gasteiger charge is -2.09. The molecule has 21 heavy (non-hydrogen) atoms. The van der Waals surface area contributed by atoms with Gasteiger partial charge < -0.3 is 5.11 Å². The Hall–Kier alpha value is -2.41. The number of carbonyl (C=O) groups is 2. The predicted molar refractivity (Wildman–Crippen MR) is 77.1 cm³/mol. The van der Waals surface area contributed by atoms with Crippen LogP contribution in [-0.2, 0) is 0 Å². The average Bonchev–Trinajstić information content (AvgIpc) is 2.47. The van der Waals surface area contributed by atoms with Crippen molar-refractivity contribution in [2.75, 3.05) is 0 Å². The van der Waals surface area contributed by atoms with Crippen molar-refractivity contribution in [3.05, 3.63) is 63.9 Å². The summed E-state index contributed by atoms with van der Waals surface area (Å²) in [5.74, 6) is -2.46. The van der Waals surface area contributed by atoms with Crippen LogP contribution in [-0.4, -0.2) is 16.9 Å². The molecule has 0 saturated carbocycles.